The summed E-state index contributed by atoms with van der Waals surface area (Å²) in [6.45, 7) is 6.90. The van der Waals surface area contributed by atoms with Crippen LogP contribution in [0.2, 0.25) is 0 Å². The largest absolute Gasteiger partial charge is 0.472 e. The van der Waals surface area contributed by atoms with Crippen LogP contribution >= 0.6 is 7.82 Å². The third kappa shape index (κ3) is 56.0. The van der Waals surface area contributed by atoms with Crippen LogP contribution in [-0.4, -0.2) is 74.3 Å². The molecule has 0 bridgehead atoms. The summed E-state index contributed by atoms with van der Waals surface area (Å²) < 4.78 is 30.7. The molecule has 2 N–H and O–H groups in total. The molecule has 0 saturated heterocycles. The van der Waals surface area contributed by atoms with Crippen molar-refractivity contribution in [3.63, 3.8) is 0 Å². The summed E-state index contributed by atoms with van der Waals surface area (Å²) in [6, 6.07) is -0.856. The maximum Gasteiger partial charge on any atom is 0.472 e. The average Bonchev–Trinajstić information content (AvgIpc) is 3.37. The first-order valence-electron chi connectivity index (χ1n) is 31.3. The number of nitrogens with zero attached hydrogens (tertiary/aromatic N) is 1. The number of carbonyl (C=O) groups excluding carboxylic acids is 2. The summed E-state index contributed by atoms with van der Waals surface area (Å²) in [5.74, 6) is -0.522. The first kappa shape index (κ1) is 72.5. The van der Waals surface area contributed by atoms with E-state index in [1.807, 2.05) is 33.3 Å². The van der Waals surface area contributed by atoms with Gasteiger partial charge in [0.15, 0.2) is 0 Å². The second-order valence-electron chi connectivity index (χ2n) is 22.2. The molecular formula is C65H120N2O7P+. The number of ether oxygens (including phenoxy) is 1. The highest BCUT2D eigenvalue weighted by Crippen LogP contribution is 2.43. The molecule has 0 heterocycles. The van der Waals surface area contributed by atoms with Crippen LogP contribution < -0.4 is 5.32 Å². The van der Waals surface area contributed by atoms with Gasteiger partial charge in [-0.25, -0.2) is 4.57 Å². The lowest BCUT2D eigenvalue weighted by Crippen LogP contribution is -2.47. The van der Waals surface area contributed by atoms with E-state index in [-0.39, 0.29) is 31.5 Å². The quantitative estimate of drug-likeness (QED) is 0.0205. The van der Waals surface area contributed by atoms with Crippen LogP contribution in [-0.2, 0) is 27.9 Å². The number of phosphoric ester groups is 1. The zero-order valence-electron chi connectivity index (χ0n) is 49.8. The van der Waals surface area contributed by atoms with Gasteiger partial charge in [0.1, 0.15) is 19.3 Å². The number of unbranched alkanes of at least 4 members (excludes halogenated alkanes) is 30. The zero-order valence-corrected chi connectivity index (χ0v) is 50.7. The maximum absolute atomic E-state index is 13.5. The Balaban J connectivity index is 5.24. The van der Waals surface area contributed by atoms with E-state index in [4.69, 9.17) is 13.8 Å². The standard InChI is InChI=1S/C65H119N2O7P/c1-7-10-13-16-19-22-25-27-29-31-32-33-34-36-38-40-43-46-49-52-55-58-65(69)74-63(56-53-50-47-44-41-24-21-18-15-12-9-3)62(61-73-75(70,71)72-60-59-67(4,5)6)66-64(68)57-54-51-48-45-42-39-37-35-30-28-26-23-20-17-14-11-8-2/h10,13,19,22,27,29,32-33,36,38,53,56,62-63H,7-9,11-12,14-18,20-21,23-26,28,30-31,34-35,37,39-52,54-55,57-61H2,1-6H3,(H-,66,68,70,71)/p+1/b13-10-,22-19-,29-27-,33-32-,38-36-,56-53+. The lowest BCUT2D eigenvalue weighted by atomic mass is 10.0. The van der Waals surface area contributed by atoms with E-state index in [9.17, 15) is 19.0 Å². The van der Waals surface area contributed by atoms with Gasteiger partial charge < -0.3 is 19.4 Å². The van der Waals surface area contributed by atoms with Crippen LogP contribution in [0.25, 0.3) is 0 Å². The number of carbonyl (C=O) groups is 2. The molecule has 0 radical (unpaired) electrons. The molecule has 436 valence electrons. The van der Waals surface area contributed by atoms with Crippen molar-refractivity contribution in [2.45, 2.75) is 290 Å². The van der Waals surface area contributed by atoms with Crippen molar-refractivity contribution in [2.75, 3.05) is 40.9 Å². The van der Waals surface area contributed by atoms with Crippen molar-refractivity contribution in [1.29, 1.82) is 0 Å². The second-order valence-corrected chi connectivity index (χ2v) is 23.7. The normalized spacial score (nSPS) is 14.2. The Kier molecular flexibility index (Phi) is 52.9. The van der Waals surface area contributed by atoms with Gasteiger partial charge in [0.05, 0.1) is 33.8 Å². The summed E-state index contributed by atoms with van der Waals surface area (Å²) in [7, 11) is 1.48. The molecule has 0 fully saturated rings. The number of hydrogen-bond acceptors (Lipinski definition) is 6. The Bertz CT molecular complexity index is 1510. The molecule has 3 unspecified atom stereocenters. The van der Waals surface area contributed by atoms with Gasteiger partial charge in [-0.05, 0) is 76.7 Å². The molecule has 3 atom stereocenters. The predicted octanol–water partition coefficient (Wildman–Crippen LogP) is 19.2. The summed E-state index contributed by atoms with van der Waals surface area (Å²) in [5.41, 5.74) is 0. The van der Waals surface area contributed by atoms with Gasteiger partial charge in [0.2, 0.25) is 5.91 Å². The molecule has 9 nitrogen and oxygen atoms in total. The molecule has 0 aliphatic carbocycles. The molecule has 75 heavy (non-hydrogen) atoms. The minimum absolute atomic E-state index is 0.0358. The van der Waals surface area contributed by atoms with E-state index in [1.54, 1.807) is 0 Å². The minimum atomic E-state index is -4.45. The van der Waals surface area contributed by atoms with Crippen molar-refractivity contribution >= 4 is 19.7 Å². The molecule has 10 heteroatoms. The minimum Gasteiger partial charge on any atom is -0.456 e. The Morgan fingerprint density at radius 3 is 1.28 bits per heavy atom. The number of likely N-dealkylation sites (N-methyl/N-ethyl adjacent to an activating group) is 1. The summed E-state index contributed by atoms with van der Waals surface area (Å²) in [5, 5.41) is 3.05. The monoisotopic (exact) mass is 1070 g/mol. The number of quaternary nitrogens is 1. The number of hydrogen-bond donors (Lipinski definition) is 2. The zero-order chi connectivity index (χ0) is 55.0. The maximum atomic E-state index is 13.5. The van der Waals surface area contributed by atoms with Crippen molar-refractivity contribution in [2.24, 2.45) is 0 Å². The Morgan fingerprint density at radius 1 is 0.480 bits per heavy atom. The molecule has 0 aliphatic rings. The Hall–Kier alpha value is -2.55. The number of allylic oxidation sites excluding steroid dienone is 11. The predicted molar refractivity (Wildman–Crippen MR) is 323 cm³/mol. The Morgan fingerprint density at radius 2 is 0.853 bits per heavy atom. The molecule has 0 aromatic rings. The molecule has 0 saturated carbocycles. The molecule has 0 spiro atoms. The van der Waals surface area contributed by atoms with Crippen molar-refractivity contribution in [1.82, 2.24) is 5.32 Å². The first-order chi connectivity index (χ1) is 36.4. The fourth-order valence-electron chi connectivity index (χ4n) is 8.85. The van der Waals surface area contributed by atoms with Gasteiger partial charge in [-0.3, -0.25) is 18.6 Å². The van der Waals surface area contributed by atoms with E-state index in [0.717, 1.165) is 103 Å². The van der Waals surface area contributed by atoms with E-state index in [0.29, 0.717) is 23.9 Å². The van der Waals surface area contributed by atoms with Gasteiger partial charge in [0.25, 0.3) is 0 Å². The highest BCUT2D eigenvalue weighted by Gasteiger charge is 2.30. The number of amides is 1. The average molecular weight is 1070 g/mol. The Labute approximate surface area is 463 Å². The van der Waals surface area contributed by atoms with E-state index < -0.39 is 20.0 Å². The van der Waals surface area contributed by atoms with Crippen LogP contribution in [0.1, 0.15) is 278 Å². The highest BCUT2D eigenvalue weighted by molar-refractivity contribution is 7.47. The fourth-order valence-corrected chi connectivity index (χ4v) is 9.59. The van der Waals surface area contributed by atoms with Gasteiger partial charge in [0, 0.05) is 12.8 Å². The lowest BCUT2D eigenvalue weighted by Gasteiger charge is -2.27. The summed E-state index contributed by atoms with van der Waals surface area (Å²) in [4.78, 5) is 37.7. The van der Waals surface area contributed by atoms with Gasteiger partial charge in [-0.2, -0.15) is 0 Å². The van der Waals surface area contributed by atoms with Gasteiger partial charge in [-0.15, -0.1) is 0 Å². The fraction of sp³-hybridized carbons (Fsp3) is 0.785. The number of rotatable bonds is 56. The highest BCUT2D eigenvalue weighted by atomic mass is 31.2. The second kappa shape index (κ2) is 54.8. The third-order valence-electron chi connectivity index (χ3n) is 13.7. The number of phosphoric acid groups is 1. The number of esters is 1. The van der Waals surface area contributed by atoms with Crippen LogP contribution in [0.15, 0.2) is 72.9 Å². The van der Waals surface area contributed by atoms with Gasteiger partial charge >= 0.3 is 13.8 Å². The molecule has 1 amide bonds. The molecule has 0 aromatic carbocycles. The summed E-state index contributed by atoms with van der Waals surface area (Å²) in [6.07, 6.45) is 70.4. The van der Waals surface area contributed by atoms with Crippen LogP contribution in [0.4, 0.5) is 0 Å². The molecule has 0 aromatic heterocycles. The van der Waals surface area contributed by atoms with E-state index in [1.165, 1.54) is 135 Å². The lowest BCUT2D eigenvalue weighted by molar-refractivity contribution is -0.870. The molecule has 0 aliphatic heterocycles. The molecular weight excluding hydrogens is 952 g/mol. The third-order valence-corrected chi connectivity index (χ3v) is 14.6. The topological polar surface area (TPSA) is 111 Å². The SMILES string of the molecule is CC/C=C\C/C=C\C/C=C\C/C=C\C/C=C\CCCCCCCC(=O)OC(/C=C/CCCCCCCCCCC)C(COP(=O)(O)OCC[N+](C)(C)C)NC(=O)CCCCCCCCCCCCCCCCCCC. The van der Waals surface area contributed by atoms with Crippen molar-refractivity contribution in [3.8, 4) is 0 Å². The van der Waals surface area contributed by atoms with Crippen molar-refractivity contribution < 1.29 is 37.3 Å². The van der Waals surface area contributed by atoms with E-state index >= 15 is 0 Å². The van der Waals surface area contributed by atoms with Crippen LogP contribution in [0.5, 0.6) is 0 Å². The van der Waals surface area contributed by atoms with Crippen molar-refractivity contribution in [3.05, 3.63) is 72.9 Å². The molecule has 0 rings (SSSR count). The van der Waals surface area contributed by atoms with E-state index in [2.05, 4.69) is 86.8 Å². The smallest absolute Gasteiger partial charge is 0.456 e. The van der Waals surface area contributed by atoms with Gasteiger partial charge in [-0.1, -0.05) is 261 Å². The number of nitrogens with one attached hydrogen (secondary N) is 1. The first-order valence-corrected chi connectivity index (χ1v) is 32.8. The van der Waals surface area contributed by atoms with Crippen LogP contribution in [0.3, 0.4) is 0 Å². The van der Waals surface area contributed by atoms with Crippen LogP contribution in [0, 0.1) is 0 Å². The summed E-state index contributed by atoms with van der Waals surface area (Å²) >= 11 is 0.